The van der Waals surface area contributed by atoms with E-state index in [-0.39, 0.29) is 5.91 Å². The molecule has 110 valence electrons. The lowest BCUT2D eigenvalue weighted by atomic mass is 10.1. The van der Waals surface area contributed by atoms with Crippen molar-refractivity contribution in [2.24, 2.45) is 0 Å². The van der Waals surface area contributed by atoms with Gasteiger partial charge >= 0.3 is 0 Å². The highest BCUT2D eigenvalue weighted by Crippen LogP contribution is 2.35. The van der Waals surface area contributed by atoms with Crippen molar-refractivity contribution in [1.82, 2.24) is 5.32 Å². The number of nitrogens with one attached hydrogen (secondary N) is 1. The second kappa shape index (κ2) is 6.64. The minimum atomic E-state index is -0.0278. The van der Waals surface area contributed by atoms with E-state index in [9.17, 15) is 4.79 Å². The summed E-state index contributed by atoms with van der Waals surface area (Å²) in [6.07, 6.45) is 4.78. The summed E-state index contributed by atoms with van der Waals surface area (Å²) in [5, 5.41) is 2.84. The number of nitrogen functional groups attached to an aromatic ring is 1. The summed E-state index contributed by atoms with van der Waals surface area (Å²) < 4.78 is 0. The largest absolute Gasteiger partial charge is 0.397 e. The number of anilines is 2. The summed E-state index contributed by atoms with van der Waals surface area (Å²) >= 11 is 0. The van der Waals surface area contributed by atoms with Gasteiger partial charge in [0.15, 0.2) is 0 Å². The molecule has 0 bridgehead atoms. The number of amides is 1. The fourth-order valence-corrected chi connectivity index (χ4v) is 2.41. The average Bonchev–Trinajstić information content (AvgIpc) is 3.26. The minimum Gasteiger partial charge on any atom is -0.397 e. The number of rotatable bonds is 7. The van der Waals surface area contributed by atoms with Crippen LogP contribution in [0.3, 0.4) is 0 Å². The van der Waals surface area contributed by atoms with Crippen LogP contribution in [0.4, 0.5) is 11.4 Å². The molecule has 4 nitrogen and oxygen atoms in total. The van der Waals surface area contributed by atoms with Crippen molar-refractivity contribution in [3.05, 3.63) is 23.8 Å². The average molecular weight is 275 g/mol. The van der Waals surface area contributed by atoms with Crippen molar-refractivity contribution in [3.8, 4) is 0 Å². The molecule has 3 N–H and O–H groups in total. The molecule has 0 aliphatic heterocycles. The predicted octanol–water partition coefficient (Wildman–Crippen LogP) is 2.79. The Morgan fingerprint density at radius 3 is 2.75 bits per heavy atom. The maximum atomic E-state index is 12.0. The Balaban J connectivity index is 2.23. The zero-order valence-corrected chi connectivity index (χ0v) is 12.5. The summed E-state index contributed by atoms with van der Waals surface area (Å²) in [7, 11) is 0. The number of nitrogens with zero attached hydrogens (tertiary/aromatic N) is 1. The van der Waals surface area contributed by atoms with Gasteiger partial charge in [-0.3, -0.25) is 4.79 Å². The van der Waals surface area contributed by atoms with Crippen LogP contribution in [0.25, 0.3) is 0 Å². The molecule has 1 aliphatic rings. The standard InChI is InChI=1S/C16H25N3O/c1-3-5-10-19(13-7-8-13)15-11-12(6-9-14(15)17)16(20)18-4-2/h6,9,11,13H,3-5,7-8,10,17H2,1-2H3,(H,18,20). The quantitative estimate of drug-likeness (QED) is 0.752. The van der Waals surface area contributed by atoms with Crippen LogP contribution in [0.5, 0.6) is 0 Å². The first-order valence-corrected chi connectivity index (χ1v) is 7.61. The highest BCUT2D eigenvalue weighted by molar-refractivity contribution is 5.96. The summed E-state index contributed by atoms with van der Waals surface area (Å²) in [4.78, 5) is 14.3. The van der Waals surface area contributed by atoms with Crippen LogP contribution in [-0.4, -0.2) is 25.0 Å². The van der Waals surface area contributed by atoms with Gasteiger partial charge in [-0.15, -0.1) is 0 Å². The first-order valence-electron chi connectivity index (χ1n) is 7.61. The van der Waals surface area contributed by atoms with Crippen LogP contribution in [0, 0.1) is 0 Å². The van der Waals surface area contributed by atoms with Crippen molar-refractivity contribution in [2.45, 2.75) is 45.6 Å². The summed E-state index contributed by atoms with van der Waals surface area (Å²) in [6.45, 7) is 5.78. The van der Waals surface area contributed by atoms with Crippen molar-refractivity contribution in [3.63, 3.8) is 0 Å². The van der Waals surface area contributed by atoms with E-state index >= 15 is 0 Å². The van der Waals surface area contributed by atoms with E-state index < -0.39 is 0 Å². The first-order chi connectivity index (χ1) is 9.67. The molecule has 0 radical (unpaired) electrons. The van der Waals surface area contributed by atoms with E-state index in [0.717, 1.165) is 24.3 Å². The van der Waals surface area contributed by atoms with Crippen molar-refractivity contribution in [1.29, 1.82) is 0 Å². The van der Waals surface area contributed by atoms with E-state index in [1.54, 1.807) is 6.07 Å². The lowest BCUT2D eigenvalue weighted by Crippen LogP contribution is -2.28. The van der Waals surface area contributed by atoms with Crippen LogP contribution >= 0.6 is 0 Å². The van der Waals surface area contributed by atoms with Crippen LogP contribution in [0.2, 0.25) is 0 Å². The number of nitrogens with two attached hydrogens (primary N) is 1. The third kappa shape index (κ3) is 3.44. The molecule has 0 unspecified atom stereocenters. The molecule has 1 aromatic rings. The van der Waals surface area contributed by atoms with E-state index in [1.807, 2.05) is 19.1 Å². The number of hydrogen-bond acceptors (Lipinski definition) is 3. The number of unbranched alkanes of at least 4 members (excludes halogenated alkanes) is 1. The Morgan fingerprint density at radius 1 is 1.40 bits per heavy atom. The molecule has 0 saturated heterocycles. The van der Waals surface area contributed by atoms with Crippen molar-refractivity contribution >= 4 is 17.3 Å². The van der Waals surface area contributed by atoms with E-state index in [2.05, 4.69) is 17.1 Å². The third-order valence-corrected chi connectivity index (χ3v) is 3.68. The molecule has 0 aromatic heterocycles. The van der Waals surface area contributed by atoms with Crippen LogP contribution in [-0.2, 0) is 0 Å². The van der Waals surface area contributed by atoms with Gasteiger partial charge in [0.05, 0.1) is 11.4 Å². The Morgan fingerprint density at radius 2 is 2.15 bits per heavy atom. The Kier molecular flexibility index (Phi) is 4.88. The maximum absolute atomic E-state index is 12.0. The number of hydrogen-bond donors (Lipinski definition) is 2. The zero-order valence-electron chi connectivity index (χ0n) is 12.5. The molecule has 1 fully saturated rings. The number of benzene rings is 1. The number of carbonyl (C=O) groups excluding carboxylic acids is 1. The van der Waals surface area contributed by atoms with Crippen molar-refractivity contribution in [2.75, 3.05) is 23.7 Å². The molecular weight excluding hydrogens is 250 g/mol. The Bertz CT molecular complexity index is 469. The van der Waals surface area contributed by atoms with Gasteiger partial charge in [-0.05, 0) is 44.4 Å². The van der Waals surface area contributed by atoms with E-state index in [4.69, 9.17) is 5.73 Å². The molecule has 20 heavy (non-hydrogen) atoms. The smallest absolute Gasteiger partial charge is 0.251 e. The molecule has 0 heterocycles. The summed E-state index contributed by atoms with van der Waals surface area (Å²) in [5.41, 5.74) is 8.60. The molecule has 2 rings (SSSR count). The lowest BCUT2D eigenvalue weighted by molar-refractivity contribution is 0.0956. The third-order valence-electron chi connectivity index (χ3n) is 3.68. The van der Waals surface area contributed by atoms with Gasteiger partial charge in [0, 0.05) is 24.7 Å². The van der Waals surface area contributed by atoms with Crippen LogP contribution in [0.1, 0.15) is 49.9 Å². The van der Waals surface area contributed by atoms with Gasteiger partial charge < -0.3 is 16.0 Å². The monoisotopic (exact) mass is 275 g/mol. The Hall–Kier alpha value is -1.71. The molecule has 0 spiro atoms. The second-order valence-corrected chi connectivity index (χ2v) is 5.41. The molecule has 0 atom stereocenters. The predicted molar refractivity (Wildman–Crippen MR) is 84.1 cm³/mol. The molecule has 1 amide bonds. The van der Waals surface area contributed by atoms with Gasteiger partial charge in [-0.2, -0.15) is 0 Å². The fourth-order valence-electron chi connectivity index (χ4n) is 2.41. The van der Waals surface area contributed by atoms with Gasteiger partial charge in [0.25, 0.3) is 5.91 Å². The minimum absolute atomic E-state index is 0.0278. The lowest BCUT2D eigenvalue weighted by Gasteiger charge is -2.26. The SMILES string of the molecule is CCCCN(c1cc(C(=O)NCC)ccc1N)C1CC1. The molecule has 1 aliphatic carbocycles. The number of carbonyl (C=O) groups is 1. The molecule has 1 aromatic carbocycles. The maximum Gasteiger partial charge on any atom is 0.251 e. The fraction of sp³-hybridized carbons (Fsp3) is 0.562. The highest BCUT2D eigenvalue weighted by Gasteiger charge is 2.30. The van der Waals surface area contributed by atoms with Crippen LogP contribution in [0.15, 0.2) is 18.2 Å². The molecular formula is C16H25N3O. The van der Waals surface area contributed by atoms with E-state index in [1.165, 1.54) is 19.3 Å². The first kappa shape index (κ1) is 14.7. The summed E-state index contributed by atoms with van der Waals surface area (Å²) in [6, 6.07) is 6.19. The van der Waals surface area contributed by atoms with Crippen LogP contribution < -0.4 is 16.0 Å². The second-order valence-electron chi connectivity index (χ2n) is 5.41. The van der Waals surface area contributed by atoms with E-state index in [0.29, 0.717) is 18.2 Å². The zero-order chi connectivity index (χ0) is 14.5. The molecule has 4 heteroatoms. The Labute approximate surface area is 121 Å². The van der Waals surface area contributed by atoms with Gasteiger partial charge in [0.1, 0.15) is 0 Å². The van der Waals surface area contributed by atoms with Gasteiger partial charge in [0.2, 0.25) is 0 Å². The molecule has 1 saturated carbocycles. The normalized spacial score (nSPS) is 14.1. The topological polar surface area (TPSA) is 58.4 Å². The highest BCUT2D eigenvalue weighted by atomic mass is 16.1. The van der Waals surface area contributed by atoms with Gasteiger partial charge in [-0.25, -0.2) is 0 Å². The summed E-state index contributed by atoms with van der Waals surface area (Å²) in [5.74, 6) is -0.0278. The van der Waals surface area contributed by atoms with Crippen molar-refractivity contribution < 1.29 is 4.79 Å². The van der Waals surface area contributed by atoms with Gasteiger partial charge in [-0.1, -0.05) is 13.3 Å².